The second-order valence-corrected chi connectivity index (χ2v) is 4.93. The molecule has 5 heteroatoms. The average molecular weight is 276 g/mol. The van der Waals surface area contributed by atoms with Crippen LogP contribution in [0.2, 0.25) is 0 Å². The van der Waals surface area contributed by atoms with E-state index in [-0.39, 0.29) is 17.9 Å². The Hall–Kier alpha value is -2.01. The Morgan fingerprint density at radius 3 is 2.70 bits per heavy atom. The Morgan fingerprint density at radius 1 is 1.35 bits per heavy atom. The fourth-order valence-corrected chi connectivity index (χ4v) is 2.10. The predicted molar refractivity (Wildman–Crippen MR) is 74.1 cm³/mol. The van der Waals surface area contributed by atoms with E-state index in [1.54, 1.807) is 20.8 Å². The molecule has 2 rings (SSSR count). The lowest BCUT2D eigenvalue weighted by molar-refractivity contribution is 0.153. The number of hydrogen-bond donors (Lipinski definition) is 1. The summed E-state index contributed by atoms with van der Waals surface area (Å²) >= 11 is 0. The number of benzene rings is 1. The lowest BCUT2D eigenvalue weighted by atomic mass is 10.0. The van der Waals surface area contributed by atoms with Gasteiger partial charge in [0.25, 0.3) is 5.56 Å². The Kier molecular flexibility index (Phi) is 3.99. The van der Waals surface area contributed by atoms with Crippen LogP contribution in [0.15, 0.2) is 29.3 Å². The second kappa shape index (κ2) is 5.54. The van der Waals surface area contributed by atoms with Crippen LogP contribution in [0.5, 0.6) is 0 Å². The average Bonchev–Trinajstić information content (AvgIpc) is 2.39. The van der Waals surface area contributed by atoms with E-state index in [0.717, 1.165) is 0 Å². The Balaban J connectivity index is 2.30. The van der Waals surface area contributed by atoms with E-state index in [2.05, 4.69) is 4.98 Å². The first kappa shape index (κ1) is 14.4. The van der Waals surface area contributed by atoms with E-state index < -0.39 is 6.10 Å². The number of aryl methyl sites for hydroxylation is 2. The van der Waals surface area contributed by atoms with Crippen molar-refractivity contribution >= 4 is 0 Å². The Bertz CT molecular complexity index is 695. The third kappa shape index (κ3) is 2.77. The second-order valence-electron chi connectivity index (χ2n) is 4.93. The van der Waals surface area contributed by atoms with Crippen LogP contribution in [0, 0.1) is 26.6 Å². The van der Waals surface area contributed by atoms with Gasteiger partial charge in [-0.15, -0.1) is 0 Å². The SMILES string of the molecule is Cc1cc(F)ccc1C(O)Cn1cnc(C)c(C)c1=O. The molecule has 0 amide bonds. The summed E-state index contributed by atoms with van der Waals surface area (Å²) in [5, 5.41) is 10.2. The molecule has 0 spiro atoms. The lowest BCUT2D eigenvalue weighted by Crippen LogP contribution is -2.26. The van der Waals surface area contributed by atoms with Crippen molar-refractivity contribution < 1.29 is 9.50 Å². The quantitative estimate of drug-likeness (QED) is 0.933. The zero-order valence-electron chi connectivity index (χ0n) is 11.7. The first-order valence-electron chi connectivity index (χ1n) is 6.37. The molecule has 2 aromatic rings. The van der Waals surface area contributed by atoms with Crippen molar-refractivity contribution in [2.45, 2.75) is 33.4 Å². The molecule has 1 aromatic carbocycles. The van der Waals surface area contributed by atoms with Crippen molar-refractivity contribution in [3.63, 3.8) is 0 Å². The monoisotopic (exact) mass is 276 g/mol. The molecule has 0 aliphatic carbocycles. The topological polar surface area (TPSA) is 55.1 Å². The van der Waals surface area contributed by atoms with Gasteiger partial charge in [0, 0.05) is 11.3 Å². The summed E-state index contributed by atoms with van der Waals surface area (Å²) in [5.41, 5.74) is 2.34. The molecular weight excluding hydrogens is 259 g/mol. The summed E-state index contributed by atoms with van der Waals surface area (Å²) in [4.78, 5) is 16.2. The van der Waals surface area contributed by atoms with E-state index in [9.17, 15) is 14.3 Å². The Morgan fingerprint density at radius 2 is 2.05 bits per heavy atom. The van der Waals surface area contributed by atoms with E-state index in [0.29, 0.717) is 22.4 Å². The number of nitrogens with zero attached hydrogens (tertiary/aromatic N) is 2. The molecule has 0 fully saturated rings. The van der Waals surface area contributed by atoms with Gasteiger partial charge in [0.1, 0.15) is 5.82 Å². The third-order valence-electron chi connectivity index (χ3n) is 3.48. The summed E-state index contributed by atoms with van der Waals surface area (Å²) in [6.45, 7) is 5.29. The summed E-state index contributed by atoms with van der Waals surface area (Å²) in [5.74, 6) is -0.344. The number of aliphatic hydroxyl groups excluding tert-OH is 1. The van der Waals surface area contributed by atoms with Crippen LogP contribution in [0.1, 0.15) is 28.5 Å². The molecule has 0 bridgehead atoms. The van der Waals surface area contributed by atoms with Gasteiger partial charge in [0.05, 0.1) is 19.0 Å². The number of halogens is 1. The smallest absolute Gasteiger partial charge is 0.256 e. The van der Waals surface area contributed by atoms with Crippen LogP contribution in [0.3, 0.4) is 0 Å². The van der Waals surface area contributed by atoms with Crippen LogP contribution < -0.4 is 5.56 Å². The van der Waals surface area contributed by atoms with Gasteiger partial charge in [-0.25, -0.2) is 9.37 Å². The van der Waals surface area contributed by atoms with Gasteiger partial charge in [-0.3, -0.25) is 9.36 Å². The zero-order chi connectivity index (χ0) is 14.9. The first-order valence-corrected chi connectivity index (χ1v) is 6.37. The summed E-state index contributed by atoms with van der Waals surface area (Å²) in [6, 6.07) is 4.20. The molecule has 4 nitrogen and oxygen atoms in total. The normalized spacial score (nSPS) is 12.4. The number of aromatic nitrogens is 2. The minimum atomic E-state index is -0.878. The van der Waals surface area contributed by atoms with Crippen molar-refractivity contribution in [3.8, 4) is 0 Å². The van der Waals surface area contributed by atoms with E-state index in [1.807, 2.05) is 0 Å². The third-order valence-corrected chi connectivity index (χ3v) is 3.48. The number of hydrogen-bond acceptors (Lipinski definition) is 3. The molecule has 0 aliphatic rings. The minimum absolute atomic E-state index is 0.0967. The largest absolute Gasteiger partial charge is 0.387 e. The van der Waals surface area contributed by atoms with Gasteiger partial charge in [0.2, 0.25) is 0 Å². The highest BCUT2D eigenvalue weighted by molar-refractivity contribution is 5.28. The van der Waals surface area contributed by atoms with Crippen molar-refractivity contribution in [2.75, 3.05) is 0 Å². The molecule has 0 radical (unpaired) electrons. The maximum Gasteiger partial charge on any atom is 0.256 e. The van der Waals surface area contributed by atoms with Crippen LogP contribution in [-0.4, -0.2) is 14.7 Å². The first-order chi connectivity index (χ1) is 9.40. The highest BCUT2D eigenvalue weighted by Crippen LogP contribution is 2.19. The van der Waals surface area contributed by atoms with Crippen molar-refractivity contribution in [3.05, 3.63) is 63.1 Å². The molecule has 0 saturated carbocycles. The van der Waals surface area contributed by atoms with Crippen molar-refractivity contribution in [1.82, 2.24) is 9.55 Å². The molecule has 1 heterocycles. The highest BCUT2D eigenvalue weighted by atomic mass is 19.1. The standard InChI is InChI=1S/C15H17FN2O2/c1-9-6-12(16)4-5-13(9)14(19)7-18-8-17-11(3)10(2)15(18)20/h4-6,8,14,19H,7H2,1-3H3. The molecule has 1 aromatic heterocycles. The maximum absolute atomic E-state index is 13.1. The lowest BCUT2D eigenvalue weighted by Gasteiger charge is -2.15. The number of rotatable bonds is 3. The molecule has 1 unspecified atom stereocenters. The fourth-order valence-electron chi connectivity index (χ4n) is 2.10. The van der Waals surface area contributed by atoms with E-state index in [1.165, 1.54) is 29.1 Å². The van der Waals surface area contributed by atoms with Gasteiger partial charge < -0.3 is 5.11 Å². The molecule has 1 atom stereocenters. The van der Waals surface area contributed by atoms with Gasteiger partial charge in [-0.05, 0) is 44.0 Å². The predicted octanol–water partition coefficient (Wildman–Crippen LogP) is 2.04. The summed E-state index contributed by atoms with van der Waals surface area (Å²) < 4.78 is 14.4. The van der Waals surface area contributed by atoms with Crippen LogP contribution >= 0.6 is 0 Å². The number of aliphatic hydroxyl groups is 1. The minimum Gasteiger partial charge on any atom is -0.387 e. The molecule has 1 N–H and O–H groups in total. The van der Waals surface area contributed by atoms with Gasteiger partial charge in [-0.2, -0.15) is 0 Å². The van der Waals surface area contributed by atoms with Crippen molar-refractivity contribution in [1.29, 1.82) is 0 Å². The van der Waals surface area contributed by atoms with E-state index in [4.69, 9.17) is 0 Å². The molecule has 106 valence electrons. The Labute approximate surface area is 116 Å². The molecule has 20 heavy (non-hydrogen) atoms. The van der Waals surface area contributed by atoms with E-state index >= 15 is 0 Å². The fraction of sp³-hybridized carbons (Fsp3) is 0.333. The summed E-state index contributed by atoms with van der Waals surface area (Å²) in [6.07, 6.45) is 0.546. The van der Waals surface area contributed by atoms with Crippen LogP contribution in [0.4, 0.5) is 4.39 Å². The molecule has 0 saturated heterocycles. The molecule has 0 aliphatic heterocycles. The van der Waals surface area contributed by atoms with Gasteiger partial charge in [-0.1, -0.05) is 6.07 Å². The van der Waals surface area contributed by atoms with Gasteiger partial charge in [0.15, 0.2) is 0 Å². The van der Waals surface area contributed by atoms with Gasteiger partial charge >= 0.3 is 0 Å². The maximum atomic E-state index is 13.1. The van der Waals surface area contributed by atoms with Crippen molar-refractivity contribution in [2.24, 2.45) is 0 Å². The van der Waals surface area contributed by atoms with Crippen LogP contribution in [-0.2, 0) is 6.54 Å². The van der Waals surface area contributed by atoms with Crippen LogP contribution in [0.25, 0.3) is 0 Å². The zero-order valence-corrected chi connectivity index (χ0v) is 11.7. The molecular formula is C15H17FN2O2. The highest BCUT2D eigenvalue weighted by Gasteiger charge is 2.13. The summed E-state index contributed by atoms with van der Waals surface area (Å²) in [7, 11) is 0.